The van der Waals surface area contributed by atoms with Gasteiger partial charge in [0.05, 0.1) is 8.80 Å². The molecule has 1 unspecified atom stereocenters. The van der Waals surface area contributed by atoms with Gasteiger partial charge < -0.3 is 4.74 Å². The maximum atomic E-state index is 6.28. The largest absolute Gasteiger partial charge is 0.364 e. The lowest BCUT2D eigenvalue weighted by Crippen LogP contribution is -2.60. The van der Waals surface area contributed by atoms with Crippen molar-refractivity contribution in [3.8, 4) is 0 Å². The monoisotopic (exact) mass is 243 g/mol. The van der Waals surface area contributed by atoms with Gasteiger partial charge in [0.15, 0.2) is 0 Å². The second-order valence-corrected chi connectivity index (χ2v) is 8.50. The van der Waals surface area contributed by atoms with Crippen LogP contribution in [0, 0.1) is 0 Å². The lowest BCUT2D eigenvalue weighted by Gasteiger charge is -2.48. The summed E-state index contributed by atoms with van der Waals surface area (Å²) in [5.41, 5.74) is 0. The SMILES string of the molecule is CCCN(CCC)C1([SiH](C)C)CCCCO1. The van der Waals surface area contributed by atoms with E-state index < -0.39 is 8.80 Å². The number of ether oxygens (including phenoxy) is 1. The van der Waals surface area contributed by atoms with E-state index in [2.05, 4.69) is 31.8 Å². The molecule has 1 rings (SSSR count). The summed E-state index contributed by atoms with van der Waals surface area (Å²) in [6, 6.07) is 0. The predicted octanol–water partition coefficient (Wildman–Crippen LogP) is 3.03. The maximum Gasteiger partial charge on any atom is 0.103 e. The maximum absolute atomic E-state index is 6.28. The van der Waals surface area contributed by atoms with Gasteiger partial charge in [0.2, 0.25) is 0 Å². The zero-order valence-electron chi connectivity index (χ0n) is 11.6. The fourth-order valence-corrected chi connectivity index (χ4v) is 5.12. The summed E-state index contributed by atoms with van der Waals surface area (Å²) >= 11 is 0. The highest BCUT2D eigenvalue weighted by atomic mass is 28.3. The number of nitrogens with zero attached hydrogens (tertiary/aromatic N) is 1. The molecule has 0 aromatic heterocycles. The highest BCUT2D eigenvalue weighted by Gasteiger charge is 2.41. The van der Waals surface area contributed by atoms with E-state index in [9.17, 15) is 0 Å². The van der Waals surface area contributed by atoms with Crippen molar-refractivity contribution < 1.29 is 4.74 Å². The lowest BCUT2D eigenvalue weighted by atomic mass is 10.1. The van der Waals surface area contributed by atoms with Crippen LogP contribution >= 0.6 is 0 Å². The standard InChI is InChI=1S/C13H29NOSi/c1-5-10-14(11-6-2)13(16(3)4)9-7-8-12-15-13/h16H,5-12H2,1-4H3. The molecular formula is C13H29NOSi. The first-order valence-electron chi connectivity index (χ1n) is 7.06. The zero-order chi connectivity index (χ0) is 12.0. The van der Waals surface area contributed by atoms with E-state index >= 15 is 0 Å². The predicted molar refractivity (Wildman–Crippen MR) is 73.6 cm³/mol. The van der Waals surface area contributed by atoms with E-state index in [4.69, 9.17) is 4.74 Å². The summed E-state index contributed by atoms with van der Waals surface area (Å²) in [5.74, 6) is 0. The summed E-state index contributed by atoms with van der Waals surface area (Å²) in [5, 5.41) is 0.171. The Kier molecular flexibility index (Phi) is 6.01. The summed E-state index contributed by atoms with van der Waals surface area (Å²) in [4.78, 5) is 2.66. The molecule has 0 aliphatic carbocycles. The van der Waals surface area contributed by atoms with Crippen LogP contribution in [-0.4, -0.2) is 38.7 Å². The molecule has 1 heterocycles. The minimum Gasteiger partial charge on any atom is -0.364 e. The normalized spacial score (nSPS) is 26.6. The first-order chi connectivity index (χ1) is 7.67. The highest BCUT2D eigenvalue weighted by molar-refractivity contribution is 6.59. The molecule has 1 saturated heterocycles. The van der Waals surface area contributed by atoms with Crippen LogP contribution < -0.4 is 0 Å². The molecule has 3 heteroatoms. The van der Waals surface area contributed by atoms with Gasteiger partial charge in [-0.1, -0.05) is 26.9 Å². The van der Waals surface area contributed by atoms with Gasteiger partial charge in [-0.3, -0.25) is 4.90 Å². The van der Waals surface area contributed by atoms with E-state index in [1.54, 1.807) is 0 Å². The van der Waals surface area contributed by atoms with E-state index in [1.807, 2.05) is 0 Å². The van der Waals surface area contributed by atoms with Gasteiger partial charge in [0.1, 0.15) is 5.35 Å². The van der Waals surface area contributed by atoms with Crippen LogP contribution in [0.25, 0.3) is 0 Å². The Labute approximate surface area is 103 Å². The molecule has 2 nitrogen and oxygen atoms in total. The zero-order valence-corrected chi connectivity index (χ0v) is 12.7. The summed E-state index contributed by atoms with van der Waals surface area (Å²) in [6.07, 6.45) is 6.37. The van der Waals surface area contributed by atoms with Gasteiger partial charge in [-0.2, -0.15) is 0 Å². The second-order valence-electron chi connectivity index (χ2n) is 5.29. The Morgan fingerprint density at radius 1 is 1.12 bits per heavy atom. The van der Waals surface area contributed by atoms with Crippen molar-refractivity contribution in [1.29, 1.82) is 0 Å². The molecule has 0 aromatic carbocycles. The van der Waals surface area contributed by atoms with E-state index in [1.165, 1.54) is 45.2 Å². The lowest BCUT2D eigenvalue weighted by molar-refractivity contribution is -0.126. The third kappa shape index (κ3) is 3.08. The third-order valence-corrected chi connectivity index (χ3v) is 6.33. The Hall–Kier alpha value is 0.137. The van der Waals surface area contributed by atoms with Gasteiger partial charge in [-0.15, -0.1) is 0 Å². The highest BCUT2D eigenvalue weighted by Crippen LogP contribution is 2.31. The van der Waals surface area contributed by atoms with E-state index in [0.717, 1.165) is 6.61 Å². The molecule has 0 amide bonds. The Morgan fingerprint density at radius 3 is 2.12 bits per heavy atom. The van der Waals surface area contributed by atoms with Crippen LogP contribution in [0.1, 0.15) is 46.0 Å². The van der Waals surface area contributed by atoms with Gasteiger partial charge in [-0.05, 0) is 32.1 Å². The minimum absolute atomic E-state index is 0.171. The van der Waals surface area contributed by atoms with Crippen molar-refractivity contribution >= 4 is 8.80 Å². The minimum atomic E-state index is -0.805. The molecule has 0 radical (unpaired) electrons. The van der Waals surface area contributed by atoms with E-state index in [-0.39, 0.29) is 5.35 Å². The van der Waals surface area contributed by atoms with Crippen LogP contribution in [0.3, 0.4) is 0 Å². The van der Waals surface area contributed by atoms with Crippen molar-refractivity contribution in [3.63, 3.8) is 0 Å². The summed E-state index contributed by atoms with van der Waals surface area (Å²) in [7, 11) is -0.805. The number of hydrogen-bond donors (Lipinski definition) is 0. The van der Waals surface area contributed by atoms with Crippen molar-refractivity contribution in [3.05, 3.63) is 0 Å². The first kappa shape index (κ1) is 14.2. The molecule has 0 saturated carbocycles. The topological polar surface area (TPSA) is 12.5 Å². The molecule has 0 N–H and O–H groups in total. The smallest absolute Gasteiger partial charge is 0.103 e. The quantitative estimate of drug-likeness (QED) is 0.665. The molecular weight excluding hydrogens is 214 g/mol. The van der Waals surface area contributed by atoms with Gasteiger partial charge in [0, 0.05) is 19.7 Å². The van der Waals surface area contributed by atoms with Crippen molar-refractivity contribution in [1.82, 2.24) is 4.90 Å². The van der Waals surface area contributed by atoms with Gasteiger partial charge in [-0.25, -0.2) is 0 Å². The first-order valence-corrected chi connectivity index (χ1v) is 9.95. The third-order valence-electron chi connectivity index (χ3n) is 3.71. The van der Waals surface area contributed by atoms with Gasteiger partial charge in [0.25, 0.3) is 0 Å². The average molecular weight is 243 g/mol. The molecule has 0 spiro atoms. The number of rotatable bonds is 6. The van der Waals surface area contributed by atoms with Gasteiger partial charge >= 0.3 is 0 Å². The van der Waals surface area contributed by atoms with Crippen LogP contribution in [0.4, 0.5) is 0 Å². The van der Waals surface area contributed by atoms with Crippen molar-refractivity contribution in [2.75, 3.05) is 19.7 Å². The van der Waals surface area contributed by atoms with Crippen LogP contribution in [0.15, 0.2) is 0 Å². The fraction of sp³-hybridized carbons (Fsp3) is 1.00. The molecule has 1 fully saturated rings. The Balaban J connectivity index is 2.78. The van der Waals surface area contributed by atoms with Crippen LogP contribution in [-0.2, 0) is 4.74 Å². The fourth-order valence-electron chi connectivity index (χ4n) is 2.90. The molecule has 1 aliphatic heterocycles. The molecule has 96 valence electrons. The average Bonchev–Trinajstić information content (AvgIpc) is 2.29. The molecule has 0 aromatic rings. The second kappa shape index (κ2) is 6.77. The molecule has 0 bridgehead atoms. The molecule has 1 aliphatic rings. The summed E-state index contributed by atoms with van der Waals surface area (Å²) in [6.45, 7) is 12.8. The van der Waals surface area contributed by atoms with Crippen molar-refractivity contribution in [2.45, 2.75) is 64.4 Å². The molecule has 16 heavy (non-hydrogen) atoms. The molecule has 1 atom stereocenters. The van der Waals surface area contributed by atoms with Crippen LogP contribution in [0.5, 0.6) is 0 Å². The Morgan fingerprint density at radius 2 is 1.75 bits per heavy atom. The van der Waals surface area contributed by atoms with Crippen molar-refractivity contribution in [2.24, 2.45) is 0 Å². The summed E-state index contributed by atoms with van der Waals surface area (Å²) < 4.78 is 6.28. The van der Waals surface area contributed by atoms with Crippen LogP contribution in [0.2, 0.25) is 13.1 Å². The Bertz CT molecular complexity index is 184. The number of hydrogen-bond acceptors (Lipinski definition) is 2. The van der Waals surface area contributed by atoms with E-state index in [0.29, 0.717) is 0 Å².